The normalized spacial score (nSPS) is 10.3. The highest BCUT2D eigenvalue weighted by Gasteiger charge is 2.01. The molecule has 4 nitrogen and oxygen atoms in total. The lowest BCUT2D eigenvalue weighted by molar-refractivity contribution is 0.414. The second-order valence-electron chi connectivity index (χ2n) is 3.38. The highest BCUT2D eigenvalue weighted by atomic mass is 32.1. The molecule has 0 spiro atoms. The molecule has 0 unspecified atom stereocenters. The molecule has 0 aliphatic heterocycles. The number of nitrogens with zero attached hydrogens (tertiary/aromatic N) is 2. The molecule has 0 bridgehead atoms. The quantitative estimate of drug-likeness (QED) is 0.879. The zero-order valence-electron chi connectivity index (χ0n) is 9.01. The van der Waals surface area contributed by atoms with Crippen molar-refractivity contribution in [3.05, 3.63) is 34.8 Å². The standard InChI is InChI=1S/C11H13N3OS/c1-15-9-5-2-8(3-6-9)4-7-10-13-14-11(12)16-10/h2-3,5-6H,4,7H2,1H3,(H2,12,14). The number of aryl methyl sites for hydroxylation is 2. The van der Waals surface area contributed by atoms with E-state index in [-0.39, 0.29) is 0 Å². The Bertz CT molecular complexity index is 453. The first-order chi connectivity index (χ1) is 7.78. The highest BCUT2D eigenvalue weighted by Crippen LogP contribution is 2.16. The van der Waals surface area contributed by atoms with Crippen LogP contribution in [-0.4, -0.2) is 17.3 Å². The van der Waals surface area contributed by atoms with E-state index in [4.69, 9.17) is 10.5 Å². The fourth-order valence-electron chi connectivity index (χ4n) is 1.41. The predicted octanol–water partition coefficient (Wildman–Crippen LogP) is 1.91. The Morgan fingerprint density at radius 3 is 2.50 bits per heavy atom. The fraction of sp³-hybridized carbons (Fsp3) is 0.273. The van der Waals surface area contributed by atoms with Crippen molar-refractivity contribution in [1.82, 2.24) is 10.2 Å². The number of rotatable bonds is 4. The molecule has 1 aromatic carbocycles. The van der Waals surface area contributed by atoms with E-state index < -0.39 is 0 Å². The lowest BCUT2D eigenvalue weighted by Gasteiger charge is -2.01. The summed E-state index contributed by atoms with van der Waals surface area (Å²) in [4.78, 5) is 0. The lowest BCUT2D eigenvalue weighted by Crippen LogP contribution is -1.91. The van der Waals surface area contributed by atoms with Gasteiger partial charge in [0.05, 0.1) is 7.11 Å². The number of anilines is 1. The van der Waals surface area contributed by atoms with Gasteiger partial charge >= 0.3 is 0 Å². The molecule has 1 aromatic heterocycles. The minimum absolute atomic E-state index is 0.532. The van der Waals surface area contributed by atoms with Gasteiger partial charge in [0.15, 0.2) is 0 Å². The van der Waals surface area contributed by atoms with Crippen LogP contribution in [0.2, 0.25) is 0 Å². The number of aromatic nitrogens is 2. The molecule has 2 N–H and O–H groups in total. The molecule has 0 aliphatic carbocycles. The smallest absolute Gasteiger partial charge is 0.203 e. The second-order valence-corrected chi connectivity index (χ2v) is 4.48. The van der Waals surface area contributed by atoms with Gasteiger partial charge in [-0.05, 0) is 24.1 Å². The van der Waals surface area contributed by atoms with Gasteiger partial charge in [0.2, 0.25) is 5.13 Å². The van der Waals surface area contributed by atoms with Crippen LogP contribution in [0.25, 0.3) is 0 Å². The summed E-state index contributed by atoms with van der Waals surface area (Å²) in [7, 11) is 1.67. The van der Waals surface area contributed by atoms with E-state index >= 15 is 0 Å². The molecule has 2 rings (SSSR count). The number of hydrogen-bond donors (Lipinski definition) is 1. The first-order valence-electron chi connectivity index (χ1n) is 4.98. The van der Waals surface area contributed by atoms with Crippen LogP contribution in [0.4, 0.5) is 5.13 Å². The topological polar surface area (TPSA) is 61.0 Å². The molecular formula is C11H13N3OS. The molecule has 2 aromatic rings. The summed E-state index contributed by atoms with van der Waals surface area (Å²) in [6, 6.07) is 8.04. The zero-order valence-corrected chi connectivity index (χ0v) is 9.83. The molecule has 1 heterocycles. The van der Waals surface area contributed by atoms with Gasteiger partial charge in [-0.25, -0.2) is 0 Å². The molecule has 84 valence electrons. The van der Waals surface area contributed by atoms with Crippen molar-refractivity contribution in [3.63, 3.8) is 0 Å². The Kier molecular flexibility index (Phi) is 3.36. The molecule has 0 saturated heterocycles. The van der Waals surface area contributed by atoms with E-state index in [0.29, 0.717) is 5.13 Å². The number of benzene rings is 1. The van der Waals surface area contributed by atoms with Gasteiger partial charge in [-0.3, -0.25) is 0 Å². The number of hydrogen-bond acceptors (Lipinski definition) is 5. The van der Waals surface area contributed by atoms with E-state index in [1.54, 1.807) is 7.11 Å². The van der Waals surface area contributed by atoms with Crippen molar-refractivity contribution in [2.75, 3.05) is 12.8 Å². The van der Waals surface area contributed by atoms with Crippen molar-refractivity contribution in [2.45, 2.75) is 12.8 Å². The molecule has 0 fully saturated rings. The third-order valence-corrected chi connectivity index (χ3v) is 3.08. The Labute approximate surface area is 98.1 Å². The van der Waals surface area contributed by atoms with Gasteiger partial charge in [-0.15, -0.1) is 10.2 Å². The van der Waals surface area contributed by atoms with Crippen molar-refractivity contribution in [3.8, 4) is 5.75 Å². The van der Waals surface area contributed by atoms with E-state index in [0.717, 1.165) is 23.6 Å². The number of ether oxygens (including phenoxy) is 1. The molecule has 0 atom stereocenters. The lowest BCUT2D eigenvalue weighted by atomic mass is 10.1. The Balaban J connectivity index is 1.94. The summed E-state index contributed by atoms with van der Waals surface area (Å²) >= 11 is 1.45. The predicted molar refractivity (Wildman–Crippen MR) is 64.7 cm³/mol. The first kappa shape index (κ1) is 10.9. The molecule has 0 saturated carbocycles. The molecule has 5 heteroatoms. The fourth-order valence-corrected chi connectivity index (χ4v) is 2.02. The van der Waals surface area contributed by atoms with Crippen LogP contribution in [0.5, 0.6) is 5.75 Å². The Morgan fingerprint density at radius 1 is 1.19 bits per heavy atom. The monoisotopic (exact) mass is 235 g/mol. The summed E-state index contributed by atoms with van der Waals surface area (Å²) in [6.07, 6.45) is 1.82. The van der Waals surface area contributed by atoms with Crippen molar-refractivity contribution < 1.29 is 4.74 Å². The van der Waals surface area contributed by atoms with Gasteiger partial charge in [0.1, 0.15) is 10.8 Å². The largest absolute Gasteiger partial charge is 0.497 e. The summed E-state index contributed by atoms with van der Waals surface area (Å²) in [5.41, 5.74) is 6.77. The summed E-state index contributed by atoms with van der Waals surface area (Å²) < 4.78 is 5.10. The average Bonchev–Trinajstić information content (AvgIpc) is 2.73. The van der Waals surface area contributed by atoms with E-state index in [2.05, 4.69) is 22.3 Å². The summed E-state index contributed by atoms with van der Waals surface area (Å²) in [5, 5.41) is 9.28. The minimum atomic E-state index is 0.532. The van der Waals surface area contributed by atoms with Crippen LogP contribution >= 0.6 is 11.3 Å². The molecular weight excluding hydrogens is 222 g/mol. The first-order valence-corrected chi connectivity index (χ1v) is 5.80. The van der Waals surface area contributed by atoms with Crippen molar-refractivity contribution >= 4 is 16.5 Å². The van der Waals surface area contributed by atoms with Gasteiger partial charge in [0, 0.05) is 6.42 Å². The maximum Gasteiger partial charge on any atom is 0.203 e. The van der Waals surface area contributed by atoms with Gasteiger partial charge in [-0.2, -0.15) is 0 Å². The van der Waals surface area contributed by atoms with Crippen LogP contribution < -0.4 is 10.5 Å². The molecule has 0 radical (unpaired) electrons. The second kappa shape index (κ2) is 4.94. The molecule has 0 aliphatic rings. The molecule has 0 amide bonds. The maximum absolute atomic E-state index is 5.51. The van der Waals surface area contributed by atoms with Crippen LogP contribution in [-0.2, 0) is 12.8 Å². The summed E-state index contributed by atoms with van der Waals surface area (Å²) in [6.45, 7) is 0. The number of methoxy groups -OCH3 is 1. The highest BCUT2D eigenvalue weighted by molar-refractivity contribution is 7.15. The van der Waals surface area contributed by atoms with Crippen LogP contribution in [0, 0.1) is 0 Å². The van der Waals surface area contributed by atoms with Gasteiger partial charge in [0.25, 0.3) is 0 Å². The third kappa shape index (κ3) is 2.70. The Hall–Kier alpha value is -1.62. The minimum Gasteiger partial charge on any atom is -0.497 e. The SMILES string of the molecule is COc1ccc(CCc2nnc(N)s2)cc1. The number of nitrogens with two attached hydrogens (primary N) is 1. The van der Waals surface area contributed by atoms with E-state index in [1.807, 2.05) is 12.1 Å². The average molecular weight is 235 g/mol. The van der Waals surface area contributed by atoms with Crippen molar-refractivity contribution in [1.29, 1.82) is 0 Å². The van der Waals surface area contributed by atoms with Crippen LogP contribution in [0.3, 0.4) is 0 Å². The van der Waals surface area contributed by atoms with Gasteiger partial charge in [-0.1, -0.05) is 23.5 Å². The van der Waals surface area contributed by atoms with Gasteiger partial charge < -0.3 is 10.5 Å². The van der Waals surface area contributed by atoms with E-state index in [1.165, 1.54) is 16.9 Å². The van der Waals surface area contributed by atoms with E-state index in [9.17, 15) is 0 Å². The molecule has 16 heavy (non-hydrogen) atoms. The van der Waals surface area contributed by atoms with Crippen LogP contribution in [0.15, 0.2) is 24.3 Å². The Morgan fingerprint density at radius 2 is 1.94 bits per heavy atom. The maximum atomic E-state index is 5.51. The summed E-state index contributed by atoms with van der Waals surface area (Å²) in [5.74, 6) is 0.879. The van der Waals surface area contributed by atoms with Crippen molar-refractivity contribution in [2.24, 2.45) is 0 Å². The number of nitrogen functional groups attached to an aromatic ring is 1. The van der Waals surface area contributed by atoms with Crippen LogP contribution in [0.1, 0.15) is 10.6 Å². The zero-order chi connectivity index (χ0) is 11.4. The third-order valence-electron chi connectivity index (χ3n) is 2.27.